The second-order valence-electron chi connectivity index (χ2n) is 2.14. The predicted octanol–water partition coefficient (Wildman–Crippen LogP) is -1.40. The highest BCUT2D eigenvalue weighted by Crippen LogP contribution is 1.95. The van der Waals surface area contributed by atoms with Crippen LogP contribution < -0.4 is 11.1 Å². The fourth-order valence-corrected chi connectivity index (χ4v) is 0.367. The molecule has 0 aliphatic rings. The molecule has 0 aromatic rings. The number of primary amides is 1. The highest BCUT2D eigenvalue weighted by Gasteiger charge is 2.09. The number of carbonyl (C=O) groups excluding carboxylic acids is 1. The Morgan fingerprint density at radius 2 is 2.20 bits per heavy atom. The van der Waals surface area contributed by atoms with Gasteiger partial charge in [0, 0.05) is 12.5 Å². The van der Waals surface area contributed by atoms with Crippen LogP contribution in [0.2, 0.25) is 0 Å². The number of hydrogen-bond donors (Lipinski definition) is 4. The highest BCUT2D eigenvalue weighted by molar-refractivity contribution is 5.71. The molecule has 1 atom stereocenters. The van der Waals surface area contributed by atoms with Crippen LogP contribution in [0.4, 0.5) is 4.79 Å². The Labute approximate surface area is 58.8 Å². The molecule has 0 heterocycles. The van der Waals surface area contributed by atoms with E-state index in [1.54, 1.807) is 6.92 Å². The number of aliphatic hydroxyl groups is 2. The Kier molecular flexibility index (Phi) is 3.75. The fourth-order valence-electron chi connectivity index (χ4n) is 0.367. The van der Waals surface area contributed by atoms with Crippen molar-refractivity contribution >= 4 is 6.03 Å². The van der Waals surface area contributed by atoms with Crippen LogP contribution in [0.15, 0.2) is 0 Å². The first kappa shape index (κ1) is 9.19. The molecule has 0 bridgehead atoms. The van der Waals surface area contributed by atoms with Gasteiger partial charge in [0.05, 0.1) is 0 Å². The number of nitrogens with two attached hydrogens (primary N) is 1. The lowest BCUT2D eigenvalue weighted by atomic mass is 10.2. The third-order valence-corrected chi connectivity index (χ3v) is 1.11. The molecule has 2 amide bonds. The molecule has 0 spiro atoms. The van der Waals surface area contributed by atoms with Gasteiger partial charge in [-0.15, -0.1) is 0 Å². The quantitative estimate of drug-likeness (QED) is 0.371. The molecule has 0 rings (SSSR count). The maximum atomic E-state index is 10.1. The van der Waals surface area contributed by atoms with Crippen LogP contribution in [0.5, 0.6) is 0 Å². The topological polar surface area (TPSA) is 95.6 Å². The van der Waals surface area contributed by atoms with Gasteiger partial charge in [0.15, 0.2) is 6.29 Å². The summed E-state index contributed by atoms with van der Waals surface area (Å²) in [6.45, 7) is 1.76. The Bertz CT molecular complexity index is 115. The largest absolute Gasteiger partial charge is 0.368 e. The number of aliphatic hydroxyl groups excluding tert-OH is 1. The lowest BCUT2D eigenvalue weighted by molar-refractivity contribution is -0.0767. The number of nitrogens with one attached hydrogen (secondary N) is 1. The van der Waals surface area contributed by atoms with Crippen molar-refractivity contribution in [1.82, 2.24) is 5.32 Å². The van der Waals surface area contributed by atoms with E-state index in [9.17, 15) is 4.79 Å². The number of rotatable bonds is 3. The molecule has 0 saturated heterocycles. The highest BCUT2D eigenvalue weighted by atomic mass is 16.5. The van der Waals surface area contributed by atoms with Crippen molar-refractivity contribution in [3.63, 3.8) is 0 Å². The molecule has 10 heavy (non-hydrogen) atoms. The van der Waals surface area contributed by atoms with Crippen LogP contribution in [-0.4, -0.2) is 29.1 Å². The normalized spacial score (nSPS) is 13.2. The average molecular weight is 148 g/mol. The van der Waals surface area contributed by atoms with Gasteiger partial charge in [0.1, 0.15) is 0 Å². The molecule has 0 aliphatic carbocycles. The Balaban J connectivity index is 3.39. The van der Waals surface area contributed by atoms with E-state index in [0.717, 1.165) is 0 Å². The molecule has 0 radical (unpaired) electrons. The molecular weight excluding hydrogens is 136 g/mol. The van der Waals surface area contributed by atoms with Gasteiger partial charge in [-0.25, -0.2) is 4.79 Å². The summed E-state index contributed by atoms with van der Waals surface area (Å²) in [5.41, 5.74) is 4.73. The minimum Gasteiger partial charge on any atom is -0.368 e. The smallest absolute Gasteiger partial charge is 0.312 e. The van der Waals surface area contributed by atoms with Crippen molar-refractivity contribution in [2.75, 3.05) is 6.54 Å². The van der Waals surface area contributed by atoms with Gasteiger partial charge in [-0.05, 0) is 0 Å². The zero-order chi connectivity index (χ0) is 8.15. The number of hydrogen-bond acceptors (Lipinski definition) is 3. The summed E-state index contributed by atoms with van der Waals surface area (Å²) in [7, 11) is 0. The lowest BCUT2D eigenvalue weighted by Crippen LogP contribution is -2.36. The zero-order valence-electron chi connectivity index (χ0n) is 5.74. The Hall–Kier alpha value is -0.810. The van der Waals surface area contributed by atoms with Crippen LogP contribution in [0, 0.1) is 5.92 Å². The average Bonchev–Trinajstić information content (AvgIpc) is 1.82. The summed E-state index contributed by atoms with van der Waals surface area (Å²) in [4.78, 5) is 10.1. The first-order chi connectivity index (χ1) is 4.54. The summed E-state index contributed by atoms with van der Waals surface area (Å²) >= 11 is 0. The van der Waals surface area contributed by atoms with E-state index in [-0.39, 0.29) is 6.54 Å². The van der Waals surface area contributed by atoms with Crippen LogP contribution in [-0.2, 0) is 0 Å². The van der Waals surface area contributed by atoms with Gasteiger partial charge in [-0.3, -0.25) is 0 Å². The fraction of sp³-hybridized carbons (Fsp3) is 0.800. The van der Waals surface area contributed by atoms with Crippen molar-refractivity contribution < 1.29 is 15.0 Å². The summed E-state index contributed by atoms with van der Waals surface area (Å²) in [5.74, 6) is -0.396. The molecular formula is C5H12N2O3. The first-order valence-corrected chi connectivity index (χ1v) is 2.93. The van der Waals surface area contributed by atoms with E-state index >= 15 is 0 Å². The van der Waals surface area contributed by atoms with E-state index in [2.05, 4.69) is 5.32 Å². The molecule has 0 aromatic carbocycles. The van der Waals surface area contributed by atoms with Gasteiger partial charge >= 0.3 is 6.03 Å². The van der Waals surface area contributed by atoms with E-state index in [1.165, 1.54) is 0 Å². The molecule has 0 unspecified atom stereocenters. The summed E-state index contributed by atoms with van der Waals surface area (Å²) in [6.07, 6.45) is -1.41. The van der Waals surface area contributed by atoms with Crippen molar-refractivity contribution in [3.8, 4) is 0 Å². The van der Waals surface area contributed by atoms with Gasteiger partial charge < -0.3 is 21.3 Å². The number of amides is 2. The van der Waals surface area contributed by atoms with Crippen LogP contribution in [0.25, 0.3) is 0 Å². The van der Waals surface area contributed by atoms with Crippen molar-refractivity contribution in [1.29, 1.82) is 0 Å². The molecule has 5 nitrogen and oxygen atoms in total. The maximum Gasteiger partial charge on any atom is 0.312 e. The third kappa shape index (κ3) is 4.11. The van der Waals surface area contributed by atoms with Crippen LogP contribution >= 0.6 is 0 Å². The van der Waals surface area contributed by atoms with Crippen LogP contribution in [0.3, 0.4) is 0 Å². The van der Waals surface area contributed by atoms with Gasteiger partial charge in [0.25, 0.3) is 0 Å². The van der Waals surface area contributed by atoms with E-state index < -0.39 is 18.2 Å². The van der Waals surface area contributed by atoms with Gasteiger partial charge in [-0.1, -0.05) is 6.92 Å². The zero-order valence-corrected chi connectivity index (χ0v) is 5.74. The van der Waals surface area contributed by atoms with Crippen molar-refractivity contribution in [2.24, 2.45) is 11.7 Å². The minimum absolute atomic E-state index is 0.174. The first-order valence-electron chi connectivity index (χ1n) is 2.93. The SMILES string of the molecule is C[C@@H](CNC(N)=O)C(O)O. The lowest BCUT2D eigenvalue weighted by Gasteiger charge is -2.12. The third-order valence-electron chi connectivity index (χ3n) is 1.11. The molecule has 0 saturated carbocycles. The Morgan fingerprint density at radius 1 is 1.70 bits per heavy atom. The summed E-state index contributed by atoms with van der Waals surface area (Å²) in [5, 5.41) is 19.2. The number of carbonyl (C=O) groups is 1. The van der Waals surface area contributed by atoms with Crippen molar-refractivity contribution in [2.45, 2.75) is 13.2 Å². The van der Waals surface area contributed by atoms with Crippen molar-refractivity contribution in [3.05, 3.63) is 0 Å². The standard InChI is InChI=1S/C5H12N2O3/c1-3(4(8)9)2-7-5(6)10/h3-4,8-9H,2H2,1H3,(H3,6,7,10)/t3-/m0/s1. The van der Waals surface area contributed by atoms with E-state index in [0.29, 0.717) is 0 Å². The molecule has 0 fully saturated rings. The summed E-state index contributed by atoms with van der Waals surface area (Å²) in [6, 6.07) is -0.660. The Morgan fingerprint density at radius 3 is 2.50 bits per heavy atom. The molecule has 5 heteroatoms. The van der Waals surface area contributed by atoms with Crippen LogP contribution in [0.1, 0.15) is 6.92 Å². The van der Waals surface area contributed by atoms with Gasteiger partial charge in [-0.2, -0.15) is 0 Å². The van der Waals surface area contributed by atoms with Gasteiger partial charge in [0.2, 0.25) is 0 Å². The summed E-state index contributed by atoms with van der Waals surface area (Å²) < 4.78 is 0. The molecule has 5 N–H and O–H groups in total. The van der Waals surface area contributed by atoms with E-state index in [4.69, 9.17) is 15.9 Å². The maximum absolute atomic E-state index is 10.1. The minimum atomic E-state index is -1.41. The predicted molar refractivity (Wildman–Crippen MR) is 35.0 cm³/mol. The monoisotopic (exact) mass is 148 g/mol. The molecule has 0 aliphatic heterocycles. The number of urea groups is 1. The van der Waals surface area contributed by atoms with E-state index in [1.807, 2.05) is 0 Å². The molecule has 60 valence electrons. The molecule has 0 aromatic heterocycles. The second-order valence-corrected chi connectivity index (χ2v) is 2.14. The second kappa shape index (κ2) is 4.08.